The van der Waals surface area contributed by atoms with Gasteiger partial charge in [-0.1, -0.05) is 17.9 Å². The Morgan fingerprint density at radius 3 is 2.76 bits per heavy atom. The molecule has 6 heteroatoms. The number of aliphatic hydroxyl groups is 2. The molecule has 1 saturated heterocycles. The number of rotatable bonds is 6. The summed E-state index contributed by atoms with van der Waals surface area (Å²) in [6.45, 7) is 10.2. The minimum absolute atomic E-state index is 0.200. The SMILES string of the molecule is Cc1cccc(CN2CCN(Cc3ccc(C#CC(C)(C)O)s3)C[C@H]2CCO)n1. The van der Waals surface area contributed by atoms with Crippen LogP contribution in [0, 0.1) is 18.8 Å². The minimum Gasteiger partial charge on any atom is -0.396 e. The molecule has 1 aliphatic rings. The van der Waals surface area contributed by atoms with Gasteiger partial charge in [0, 0.05) is 55.9 Å². The van der Waals surface area contributed by atoms with Gasteiger partial charge in [0.05, 0.1) is 10.6 Å². The fraction of sp³-hybridized carbons (Fsp3) is 0.522. The average Bonchev–Trinajstić information content (AvgIpc) is 3.09. The van der Waals surface area contributed by atoms with E-state index in [1.165, 1.54) is 4.88 Å². The van der Waals surface area contributed by atoms with E-state index in [1.807, 2.05) is 19.1 Å². The Bertz CT molecular complexity index is 863. The molecule has 1 atom stereocenters. The number of hydrogen-bond acceptors (Lipinski definition) is 6. The number of piperazine rings is 1. The molecule has 1 fully saturated rings. The van der Waals surface area contributed by atoms with E-state index in [2.05, 4.69) is 44.8 Å². The smallest absolute Gasteiger partial charge is 0.120 e. The lowest BCUT2D eigenvalue weighted by Crippen LogP contribution is -2.52. The van der Waals surface area contributed by atoms with Gasteiger partial charge in [-0.25, -0.2) is 0 Å². The Labute approximate surface area is 178 Å². The summed E-state index contributed by atoms with van der Waals surface area (Å²) in [5, 5.41) is 19.3. The quantitative estimate of drug-likeness (QED) is 0.713. The summed E-state index contributed by atoms with van der Waals surface area (Å²) in [6.07, 6.45) is 0.773. The van der Waals surface area contributed by atoms with Gasteiger partial charge in [0.2, 0.25) is 0 Å². The second-order valence-electron chi connectivity index (χ2n) is 8.22. The van der Waals surface area contributed by atoms with Crippen LogP contribution in [0.1, 0.15) is 41.4 Å². The molecule has 0 aliphatic carbocycles. The zero-order valence-electron chi connectivity index (χ0n) is 17.6. The molecule has 0 aromatic carbocycles. The van der Waals surface area contributed by atoms with E-state index in [1.54, 1.807) is 25.2 Å². The maximum atomic E-state index is 9.77. The van der Waals surface area contributed by atoms with Crippen molar-refractivity contribution in [3.8, 4) is 11.8 Å². The molecular formula is C23H31N3O2S. The van der Waals surface area contributed by atoms with Gasteiger partial charge in [0.15, 0.2) is 0 Å². The third-order valence-corrected chi connectivity index (χ3v) is 5.98. The summed E-state index contributed by atoms with van der Waals surface area (Å²) in [6, 6.07) is 10.6. The van der Waals surface area contributed by atoms with Crippen molar-refractivity contribution in [2.75, 3.05) is 26.2 Å². The zero-order valence-corrected chi connectivity index (χ0v) is 18.4. The molecule has 1 aliphatic heterocycles. The molecule has 0 amide bonds. The van der Waals surface area contributed by atoms with E-state index in [9.17, 15) is 10.2 Å². The van der Waals surface area contributed by atoms with Gasteiger partial charge >= 0.3 is 0 Å². The molecule has 3 rings (SSSR count). The Morgan fingerprint density at radius 2 is 2.03 bits per heavy atom. The van der Waals surface area contributed by atoms with Crippen LogP contribution in [0.5, 0.6) is 0 Å². The van der Waals surface area contributed by atoms with Crippen LogP contribution in [-0.4, -0.2) is 62.9 Å². The fourth-order valence-corrected chi connectivity index (χ4v) is 4.50. The van der Waals surface area contributed by atoms with Crippen molar-refractivity contribution in [3.05, 3.63) is 51.5 Å². The van der Waals surface area contributed by atoms with Crippen LogP contribution in [0.4, 0.5) is 0 Å². The minimum atomic E-state index is -0.968. The summed E-state index contributed by atoms with van der Waals surface area (Å²) in [5.74, 6) is 5.94. The third-order valence-electron chi connectivity index (χ3n) is 4.99. The number of hydrogen-bond donors (Lipinski definition) is 2. The van der Waals surface area contributed by atoms with Gasteiger partial charge < -0.3 is 10.2 Å². The van der Waals surface area contributed by atoms with Gasteiger partial charge in [-0.2, -0.15) is 0 Å². The normalized spacial score (nSPS) is 18.4. The molecular weight excluding hydrogens is 382 g/mol. The lowest BCUT2D eigenvalue weighted by molar-refractivity contribution is 0.0496. The first-order valence-electron chi connectivity index (χ1n) is 10.2. The van der Waals surface area contributed by atoms with Crippen LogP contribution in [0.25, 0.3) is 0 Å². The molecule has 156 valence electrons. The standard InChI is InChI=1S/C23H31N3O2S/c1-18-5-4-6-19(24-18)15-26-13-12-25(16-20(26)10-14-27)17-22-8-7-21(29-22)9-11-23(2,3)28/h4-8,20,27-28H,10,12-17H2,1-3H3/t20-/m1/s1. The molecule has 0 unspecified atom stereocenters. The molecule has 29 heavy (non-hydrogen) atoms. The first-order valence-corrected chi connectivity index (χ1v) is 11.0. The van der Waals surface area contributed by atoms with Crippen LogP contribution >= 0.6 is 11.3 Å². The lowest BCUT2D eigenvalue weighted by Gasteiger charge is -2.41. The maximum absolute atomic E-state index is 9.77. The van der Waals surface area contributed by atoms with Crippen molar-refractivity contribution < 1.29 is 10.2 Å². The van der Waals surface area contributed by atoms with E-state index < -0.39 is 5.60 Å². The number of aromatic nitrogens is 1. The summed E-state index contributed by atoms with van der Waals surface area (Å²) < 4.78 is 0. The topological polar surface area (TPSA) is 59.8 Å². The highest BCUT2D eigenvalue weighted by molar-refractivity contribution is 7.12. The molecule has 0 spiro atoms. The van der Waals surface area contributed by atoms with E-state index in [0.717, 1.165) is 55.4 Å². The Hall–Kier alpha value is -1.75. The van der Waals surface area contributed by atoms with Crippen LogP contribution in [-0.2, 0) is 13.1 Å². The number of nitrogens with zero attached hydrogens (tertiary/aromatic N) is 3. The molecule has 0 bridgehead atoms. The number of pyridine rings is 1. The predicted octanol–water partition coefficient (Wildman–Crippen LogP) is 2.64. The monoisotopic (exact) mass is 413 g/mol. The van der Waals surface area contributed by atoms with Crippen molar-refractivity contribution in [1.82, 2.24) is 14.8 Å². The summed E-state index contributed by atoms with van der Waals surface area (Å²) in [5.41, 5.74) is 1.17. The van der Waals surface area contributed by atoms with Crippen molar-refractivity contribution in [2.24, 2.45) is 0 Å². The third kappa shape index (κ3) is 6.91. The van der Waals surface area contributed by atoms with Crippen molar-refractivity contribution in [2.45, 2.75) is 51.9 Å². The van der Waals surface area contributed by atoms with E-state index >= 15 is 0 Å². The summed E-state index contributed by atoms with van der Waals surface area (Å²) in [4.78, 5) is 11.8. The highest BCUT2D eigenvalue weighted by atomic mass is 32.1. The molecule has 3 heterocycles. The van der Waals surface area contributed by atoms with Crippen LogP contribution in [0.2, 0.25) is 0 Å². The number of aryl methyl sites for hydroxylation is 1. The first kappa shape index (κ1) is 21.9. The van der Waals surface area contributed by atoms with Gasteiger partial charge in [-0.15, -0.1) is 11.3 Å². The highest BCUT2D eigenvalue weighted by Crippen LogP contribution is 2.22. The fourth-order valence-electron chi connectivity index (χ4n) is 3.59. The molecule has 2 N–H and O–H groups in total. The Morgan fingerprint density at radius 1 is 1.21 bits per heavy atom. The summed E-state index contributed by atoms with van der Waals surface area (Å²) in [7, 11) is 0. The summed E-state index contributed by atoms with van der Waals surface area (Å²) >= 11 is 1.69. The molecule has 2 aromatic rings. The van der Waals surface area contributed by atoms with Crippen molar-refractivity contribution in [1.29, 1.82) is 0 Å². The van der Waals surface area contributed by atoms with Crippen molar-refractivity contribution >= 4 is 11.3 Å². The van der Waals surface area contributed by atoms with Gasteiger partial charge in [0.25, 0.3) is 0 Å². The number of aliphatic hydroxyl groups excluding tert-OH is 1. The zero-order chi connectivity index (χ0) is 20.9. The molecule has 2 aromatic heterocycles. The molecule has 0 saturated carbocycles. The van der Waals surface area contributed by atoms with Gasteiger partial charge in [-0.3, -0.25) is 14.8 Å². The van der Waals surface area contributed by atoms with Gasteiger partial charge in [0.1, 0.15) is 5.60 Å². The second-order valence-corrected chi connectivity index (χ2v) is 9.39. The Kier molecular flexibility index (Phi) is 7.44. The lowest BCUT2D eigenvalue weighted by atomic mass is 10.1. The van der Waals surface area contributed by atoms with E-state index in [-0.39, 0.29) is 6.61 Å². The number of thiophene rings is 1. The highest BCUT2D eigenvalue weighted by Gasteiger charge is 2.27. The van der Waals surface area contributed by atoms with E-state index in [4.69, 9.17) is 0 Å². The average molecular weight is 414 g/mol. The Balaban J connectivity index is 1.60. The first-order chi connectivity index (χ1) is 13.8. The van der Waals surface area contributed by atoms with Crippen LogP contribution < -0.4 is 0 Å². The molecule has 5 nitrogen and oxygen atoms in total. The van der Waals surface area contributed by atoms with Crippen LogP contribution in [0.3, 0.4) is 0 Å². The van der Waals surface area contributed by atoms with Gasteiger partial charge in [-0.05, 0) is 51.5 Å². The molecule has 0 radical (unpaired) electrons. The largest absolute Gasteiger partial charge is 0.396 e. The van der Waals surface area contributed by atoms with Crippen molar-refractivity contribution in [3.63, 3.8) is 0 Å². The van der Waals surface area contributed by atoms with E-state index in [0.29, 0.717) is 6.04 Å². The predicted molar refractivity (Wildman–Crippen MR) is 118 cm³/mol. The maximum Gasteiger partial charge on any atom is 0.120 e. The second kappa shape index (κ2) is 9.84. The van der Waals surface area contributed by atoms with Crippen LogP contribution in [0.15, 0.2) is 30.3 Å².